The molecule has 0 aromatic heterocycles. The van der Waals surface area contributed by atoms with E-state index in [0.717, 1.165) is 25.7 Å². The lowest BCUT2D eigenvalue weighted by Crippen LogP contribution is -2.43. The third-order valence-corrected chi connectivity index (χ3v) is 7.65. The van der Waals surface area contributed by atoms with Crippen molar-refractivity contribution in [3.8, 4) is 5.75 Å². The molecule has 4 rings (SSSR count). The van der Waals surface area contributed by atoms with Crippen molar-refractivity contribution in [2.75, 3.05) is 7.05 Å². The molecule has 148 valence electrons. The van der Waals surface area contributed by atoms with Crippen LogP contribution in [0, 0.1) is 10.1 Å². The summed E-state index contributed by atoms with van der Waals surface area (Å²) in [4.78, 5) is 12.8. The molecule has 8 heteroatoms. The third kappa shape index (κ3) is 3.83. The number of nitrogens with zero attached hydrogens (tertiary/aromatic N) is 2. The molecule has 2 aliphatic heterocycles. The standard InChI is InChI=1S/C20H23N2O5P/c1-21-16-7-8-17(21)14-19(13-16)27-28(25,20-5-3-2-4-6-20)26-18-11-9-15(10-12-18)22(23)24/h2-6,9-12,16-17,19H,7-8,13-14H2,1H3. The molecular weight excluding hydrogens is 379 g/mol. The number of rotatable bonds is 6. The van der Waals surface area contributed by atoms with Crippen molar-refractivity contribution in [3.05, 3.63) is 64.7 Å². The highest BCUT2D eigenvalue weighted by Gasteiger charge is 2.42. The Bertz CT molecular complexity index is 875. The molecule has 0 saturated carbocycles. The zero-order chi connectivity index (χ0) is 19.7. The smallest absolute Gasteiger partial charge is 0.411 e. The van der Waals surface area contributed by atoms with E-state index in [2.05, 4.69) is 11.9 Å². The molecule has 0 N–H and O–H groups in total. The van der Waals surface area contributed by atoms with E-state index >= 15 is 0 Å². The van der Waals surface area contributed by atoms with Gasteiger partial charge in [-0.1, -0.05) is 18.2 Å². The van der Waals surface area contributed by atoms with Crippen LogP contribution < -0.4 is 9.83 Å². The molecule has 2 fully saturated rings. The number of benzene rings is 2. The summed E-state index contributed by atoms with van der Waals surface area (Å²) >= 11 is 0. The van der Waals surface area contributed by atoms with Crippen LogP contribution in [0.15, 0.2) is 54.6 Å². The first-order valence-electron chi connectivity index (χ1n) is 9.45. The first-order chi connectivity index (χ1) is 13.4. The van der Waals surface area contributed by atoms with Crippen molar-refractivity contribution in [3.63, 3.8) is 0 Å². The number of nitro groups is 1. The average Bonchev–Trinajstić information content (AvgIpc) is 2.90. The Labute approximate surface area is 163 Å². The summed E-state index contributed by atoms with van der Waals surface area (Å²) in [5.74, 6) is 0.286. The lowest BCUT2D eigenvalue weighted by molar-refractivity contribution is -0.384. The number of fused-ring (bicyclic) bond motifs is 2. The average molecular weight is 402 g/mol. The Morgan fingerprint density at radius 2 is 1.64 bits per heavy atom. The molecule has 3 atom stereocenters. The van der Waals surface area contributed by atoms with Crippen molar-refractivity contribution in [1.29, 1.82) is 0 Å². The van der Waals surface area contributed by atoms with Crippen LogP contribution in [0.4, 0.5) is 5.69 Å². The number of hydrogen-bond donors (Lipinski definition) is 0. The number of nitro benzene ring substituents is 1. The predicted molar refractivity (Wildman–Crippen MR) is 106 cm³/mol. The maximum absolute atomic E-state index is 13.8. The van der Waals surface area contributed by atoms with Crippen molar-refractivity contribution in [2.45, 2.75) is 43.9 Å². The highest BCUT2D eigenvalue weighted by molar-refractivity contribution is 7.62. The molecule has 2 bridgehead atoms. The van der Waals surface area contributed by atoms with E-state index in [-0.39, 0.29) is 17.5 Å². The zero-order valence-corrected chi connectivity index (χ0v) is 16.5. The monoisotopic (exact) mass is 402 g/mol. The second-order valence-electron chi connectivity index (χ2n) is 7.42. The van der Waals surface area contributed by atoms with Gasteiger partial charge < -0.3 is 9.42 Å². The minimum absolute atomic E-state index is 0.0466. The SMILES string of the molecule is CN1C2CCC1CC(OP(=O)(Oc1ccc([N+](=O)[O-])cc1)c1ccccc1)C2. The van der Waals surface area contributed by atoms with Crippen molar-refractivity contribution < 1.29 is 18.5 Å². The van der Waals surface area contributed by atoms with E-state index in [9.17, 15) is 14.7 Å². The molecule has 2 saturated heterocycles. The quantitative estimate of drug-likeness (QED) is 0.410. The summed E-state index contributed by atoms with van der Waals surface area (Å²) in [6, 6.07) is 15.4. The van der Waals surface area contributed by atoms with Crippen LogP contribution in [0.5, 0.6) is 5.75 Å². The Balaban J connectivity index is 1.58. The molecule has 0 amide bonds. The van der Waals surface area contributed by atoms with Crippen LogP contribution in [-0.2, 0) is 9.09 Å². The van der Waals surface area contributed by atoms with Gasteiger partial charge in [0, 0.05) is 24.2 Å². The van der Waals surface area contributed by atoms with Crippen LogP contribution in [0.3, 0.4) is 0 Å². The van der Waals surface area contributed by atoms with Gasteiger partial charge in [0.15, 0.2) is 0 Å². The van der Waals surface area contributed by atoms with Crippen molar-refractivity contribution in [2.24, 2.45) is 0 Å². The fourth-order valence-electron chi connectivity index (χ4n) is 4.16. The minimum atomic E-state index is -3.63. The van der Waals surface area contributed by atoms with Crippen molar-refractivity contribution in [1.82, 2.24) is 4.90 Å². The van der Waals surface area contributed by atoms with Crippen LogP contribution in [0.2, 0.25) is 0 Å². The second kappa shape index (κ2) is 7.66. The molecule has 0 aliphatic carbocycles. The van der Waals surface area contributed by atoms with E-state index in [4.69, 9.17) is 9.05 Å². The Morgan fingerprint density at radius 1 is 1.04 bits per heavy atom. The van der Waals surface area contributed by atoms with Gasteiger partial charge in [0.05, 0.1) is 16.3 Å². The fraction of sp³-hybridized carbons (Fsp3) is 0.400. The maximum Gasteiger partial charge on any atom is 0.411 e. The molecule has 28 heavy (non-hydrogen) atoms. The van der Waals surface area contributed by atoms with Crippen LogP contribution in [-0.4, -0.2) is 35.1 Å². The molecule has 0 spiro atoms. The van der Waals surface area contributed by atoms with Gasteiger partial charge in [-0.15, -0.1) is 0 Å². The Kier molecular flexibility index (Phi) is 5.23. The first kappa shape index (κ1) is 19.1. The van der Waals surface area contributed by atoms with Crippen molar-refractivity contribution >= 4 is 18.6 Å². The molecule has 2 aromatic carbocycles. The fourth-order valence-corrected chi connectivity index (χ4v) is 5.93. The van der Waals surface area contributed by atoms with Crippen LogP contribution >= 0.6 is 7.60 Å². The van der Waals surface area contributed by atoms with Gasteiger partial charge in [-0.2, -0.15) is 0 Å². The van der Waals surface area contributed by atoms with Gasteiger partial charge in [0.25, 0.3) is 5.69 Å². The second-order valence-corrected chi connectivity index (χ2v) is 9.33. The third-order valence-electron chi connectivity index (χ3n) is 5.69. The first-order valence-corrected chi connectivity index (χ1v) is 11.0. The molecule has 2 aliphatic rings. The lowest BCUT2D eigenvalue weighted by Gasteiger charge is -2.37. The maximum atomic E-state index is 13.8. The molecule has 3 unspecified atom stereocenters. The summed E-state index contributed by atoms with van der Waals surface area (Å²) < 4.78 is 25.8. The normalized spacial score (nSPS) is 26.5. The molecule has 2 heterocycles. The van der Waals surface area contributed by atoms with Crippen LogP contribution in [0.1, 0.15) is 25.7 Å². The summed E-state index contributed by atoms with van der Waals surface area (Å²) in [6.07, 6.45) is 3.79. The highest BCUT2D eigenvalue weighted by atomic mass is 31.2. The number of non-ortho nitro benzene ring substituents is 1. The van der Waals surface area contributed by atoms with Gasteiger partial charge in [-0.25, -0.2) is 4.57 Å². The van der Waals surface area contributed by atoms with Gasteiger partial charge >= 0.3 is 7.60 Å². The van der Waals surface area contributed by atoms with E-state index in [1.165, 1.54) is 24.3 Å². The van der Waals surface area contributed by atoms with E-state index < -0.39 is 12.5 Å². The van der Waals surface area contributed by atoms with Gasteiger partial charge in [0.2, 0.25) is 0 Å². The predicted octanol–water partition coefficient (Wildman–Crippen LogP) is 4.13. The Hall–Kier alpha value is -2.21. The van der Waals surface area contributed by atoms with Gasteiger partial charge in [-0.05, 0) is 57.0 Å². The van der Waals surface area contributed by atoms with Gasteiger partial charge in [0.1, 0.15) is 5.75 Å². The molecular formula is C20H23N2O5P. The van der Waals surface area contributed by atoms with Crippen LogP contribution in [0.25, 0.3) is 0 Å². The topological polar surface area (TPSA) is 81.9 Å². The molecule has 0 radical (unpaired) electrons. The summed E-state index contributed by atoms with van der Waals surface area (Å²) in [5.41, 5.74) is -0.0466. The number of hydrogen-bond acceptors (Lipinski definition) is 6. The zero-order valence-electron chi connectivity index (χ0n) is 15.6. The highest BCUT2D eigenvalue weighted by Crippen LogP contribution is 2.51. The summed E-state index contributed by atoms with van der Waals surface area (Å²) in [6.45, 7) is 0. The van der Waals surface area contributed by atoms with E-state index in [1.807, 2.05) is 6.07 Å². The van der Waals surface area contributed by atoms with E-state index in [1.54, 1.807) is 24.3 Å². The molecule has 7 nitrogen and oxygen atoms in total. The Morgan fingerprint density at radius 3 is 2.21 bits per heavy atom. The molecule has 2 aromatic rings. The summed E-state index contributed by atoms with van der Waals surface area (Å²) in [7, 11) is -1.49. The lowest BCUT2D eigenvalue weighted by atomic mass is 10.0. The van der Waals surface area contributed by atoms with E-state index in [0.29, 0.717) is 17.4 Å². The number of piperidine rings is 1. The van der Waals surface area contributed by atoms with Gasteiger partial charge in [-0.3, -0.25) is 14.6 Å². The largest absolute Gasteiger partial charge is 0.421 e. The summed E-state index contributed by atoms with van der Waals surface area (Å²) in [5, 5.41) is 11.3. The minimum Gasteiger partial charge on any atom is -0.421 e.